The Morgan fingerprint density at radius 3 is 2.37 bits per heavy atom. The van der Waals surface area contributed by atoms with Crippen LogP contribution in [0.1, 0.15) is 16.7 Å². The van der Waals surface area contributed by atoms with Gasteiger partial charge in [-0.2, -0.15) is 4.31 Å². The molecule has 2 aromatic carbocycles. The van der Waals surface area contributed by atoms with E-state index in [9.17, 15) is 13.2 Å². The predicted molar refractivity (Wildman–Crippen MR) is 106 cm³/mol. The Bertz CT molecular complexity index is 864. The number of carbonyl (C=O) groups excluding carboxylic acids is 1. The topological polar surface area (TPSA) is 75.7 Å². The largest absolute Gasteiger partial charge is 0.491 e. The van der Waals surface area contributed by atoms with Gasteiger partial charge in [-0.1, -0.05) is 48.0 Å². The Hall–Kier alpha value is -2.38. The molecule has 2 rings (SSSR count). The number of rotatable bonds is 9. The molecule has 0 aromatic heterocycles. The molecule has 27 heavy (non-hydrogen) atoms. The number of benzene rings is 2. The first-order valence-corrected chi connectivity index (χ1v) is 10.6. The third-order valence-corrected chi connectivity index (χ3v) is 5.24. The fourth-order valence-electron chi connectivity index (χ4n) is 2.47. The van der Waals surface area contributed by atoms with Crippen molar-refractivity contribution < 1.29 is 17.9 Å². The Labute approximate surface area is 161 Å². The summed E-state index contributed by atoms with van der Waals surface area (Å²) in [7, 11) is -3.51. The van der Waals surface area contributed by atoms with Crippen LogP contribution in [0.4, 0.5) is 0 Å². The van der Waals surface area contributed by atoms with E-state index < -0.39 is 10.0 Å². The van der Waals surface area contributed by atoms with Crippen LogP contribution in [0.15, 0.2) is 48.5 Å². The Morgan fingerprint density at radius 1 is 1.07 bits per heavy atom. The second-order valence-electron chi connectivity index (χ2n) is 6.48. The molecule has 0 unspecified atom stereocenters. The van der Waals surface area contributed by atoms with Crippen molar-refractivity contribution in [2.75, 3.05) is 26.0 Å². The summed E-state index contributed by atoms with van der Waals surface area (Å²) < 4.78 is 30.8. The Kier molecular flexibility index (Phi) is 7.38. The number of para-hydroxylation sites is 1. The SMILES string of the molecule is Cc1ccc(CN(CC(=O)NCCOc2ccccc2C)S(C)(=O)=O)cc1. The second-order valence-corrected chi connectivity index (χ2v) is 8.46. The summed E-state index contributed by atoms with van der Waals surface area (Å²) in [6.45, 7) is 4.46. The van der Waals surface area contributed by atoms with E-state index in [0.29, 0.717) is 13.2 Å². The van der Waals surface area contributed by atoms with Crippen molar-refractivity contribution in [2.45, 2.75) is 20.4 Å². The molecule has 2 aromatic rings. The molecule has 6 nitrogen and oxygen atoms in total. The van der Waals surface area contributed by atoms with Gasteiger partial charge < -0.3 is 10.1 Å². The number of carbonyl (C=O) groups is 1. The molecule has 146 valence electrons. The molecule has 0 saturated heterocycles. The number of nitrogens with one attached hydrogen (secondary N) is 1. The highest BCUT2D eigenvalue weighted by molar-refractivity contribution is 7.88. The van der Waals surface area contributed by atoms with Gasteiger partial charge in [0.05, 0.1) is 19.3 Å². The minimum absolute atomic E-state index is 0.159. The van der Waals surface area contributed by atoms with Gasteiger partial charge in [0.2, 0.25) is 15.9 Å². The van der Waals surface area contributed by atoms with E-state index in [2.05, 4.69) is 5.32 Å². The first kappa shape index (κ1) is 20.9. The average molecular weight is 391 g/mol. The van der Waals surface area contributed by atoms with Crippen molar-refractivity contribution >= 4 is 15.9 Å². The first-order chi connectivity index (χ1) is 12.8. The van der Waals surface area contributed by atoms with Crippen LogP contribution in [0.3, 0.4) is 0 Å². The molecule has 0 radical (unpaired) electrons. The van der Waals surface area contributed by atoms with Gasteiger partial charge in [0.15, 0.2) is 0 Å². The van der Waals surface area contributed by atoms with Crippen LogP contribution in [0.25, 0.3) is 0 Å². The maximum atomic E-state index is 12.1. The normalized spacial score (nSPS) is 11.4. The summed E-state index contributed by atoms with van der Waals surface area (Å²) in [5, 5.41) is 2.70. The summed E-state index contributed by atoms with van der Waals surface area (Å²) in [5.74, 6) is 0.407. The van der Waals surface area contributed by atoms with Gasteiger partial charge in [-0.25, -0.2) is 8.42 Å². The van der Waals surface area contributed by atoms with Crippen LogP contribution >= 0.6 is 0 Å². The van der Waals surface area contributed by atoms with Crippen LogP contribution < -0.4 is 10.1 Å². The molecule has 1 amide bonds. The van der Waals surface area contributed by atoms with E-state index in [4.69, 9.17) is 4.74 Å². The molecule has 0 aliphatic rings. The monoisotopic (exact) mass is 390 g/mol. The van der Waals surface area contributed by atoms with Crippen molar-refractivity contribution in [3.8, 4) is 5.75 Å². The van der Waals surface area contributed by atoms with E-state index in [1.165, 1.54) is 0 Å². The van der Waals surface area contributed by atoms with Gasteiger partial charge in [-0.3, -0.25) is 4.79 Å². The zero-order chi connectivity index (χ0) is 19.9. The number of ether oxygens (including phenoxy) is 1. The molecule has 1 N–H and O–H groups in total. The lowest BCUT2D eigenvalue weighted by Gasteiger charge is -2.20. The van der Waals surface area contributed by atoms with Crippen molar-refractivity contribution in [1.82, 2.24) is 9.62 Å². The van der Waals surface area contributed by atoms with Gasteiger partial charge >= 0.3 is 0 Å². The summed E-state index contributed by atoms with van der Waals surface area (Å²) in [5.41, 5.74) is 2.95. The average Bonchev–Trinajstić information content (AvgIpc) is 2.60. The first-order valence-electron chi connectivity index (χ1n) is 8.71. The summed E-state index contributed by atoms with van der Waals surface area (Å²) in [6, 6.07) is 15.2. The number of sulfonamides is 1. The maximum absolute atomic E-state index is 12.1. The van der Waals surface area contributed by atoms with Gasteiger partial charge in [0, 0.05) is 6.54 Å². The molecule has 0 atom stereocenters. The van der Waals surface area contributed by atoms with Crippen LogP contribution in [-0.2, 0) is 21.4 Å². The molecular formula is C20H26N2O4S. The van der Waals surface area contributed by atoms with E-state index in [-0.39, 0.29) is 19.0 Å². The van der Waals surface area contributed by atoms with Crippen LogP contribution in [0.2, 0.25) is 0 Å². The third-order valence-electron chi connectivity index (χ3n) is 4.04. The van der Waals surface area contributed by atoms with Crippen LogP contribution in [-0.4, -0.2) is 44.6 Å². The number of aryl methyl sites for hydroxylation is 2. The van der Waals surface area contributed by atoms with Gasteiger partial charge in [0.25, 0.3) is 0 Å². The number of hydrogen-bond acceptors (Lipinski definition) is 4. The van der Waals surface area contributed by atoms with E-state index >= 15 is 0 Å². The molecule has 0 saturated carbocycles. The minimum Gasteiger partial charge on any atom is -0.491 e. The lowest BCUT2D eigenvalue weighted by molar-refractivity contribution is -0.121. The summed E-state index contributed by atoms with van der Waals surface area (Å²) >= 11 is 0. The van der Waals surface area contributed by atoms with Gasteiger partial charge in [-0.05, 0) is 31.0 Å². The van der Waals surface area contributed by atoms with Crippen molar-refractivity contribution in [1.29, 1.82) is 0 Å². The van der Waals surface area contributed by atoms with Crippen LogP contribution in [0, 0.1) is 13.8 Å². The second kappa shape index (κ2) is 9.53. The minimum atomic E-state index is -3.51. The Morgan fingerprint density at radius 2 is 1.74 bits per heavy atom. The Balaban J connectivity index is 1.84. The van der Waals surface area contributed by atoms with E-state index in [0.717, 1.165) is 33.0 Å². The van der Waals surface area contributed by atoms with Crippen LogP contribution in [0.5, 0.6) is 5.75 Å². The smallest absolute Gasteiger partial charge is 0.235 e. The highest BCUT2D eigenvalue weighted by atomic mass is 32.2. The van der Waals surface area contributed by atoms with Crippen molar-refractivity contribution in [2.24, 2.45) is 0 Å². The fourth-order valence-corrected chi connectivity index (χ4v) is 3.21. The zero-order valence-corrected chi connectivity index (χ0v) is 16.8. The number of hydrogen-bond donors (Lipinski definition) is 1. The predicted octanol–water partition coefficient (Wildman–Crippen LogP) is 2.26. The zero-order valence-electron chi connectivity index (χ0n) is 15.9. The fraction of sp³-hybridized carbons (Fsp3) is 0.350. The molecule has 0 bridgehead atoms. The summed E-state index contributed by atoms with van der Waals surface area (Å²) in [6.07, 6.45) is 1.11. The van der Waals surface area contributed by atoms with Gasteiger partial charge in [0.1, 0.15) is 12.4 Å². The quantitative estimate of drug-likeness (QED) is 0.667. The van der Waals surface area contributed by atoms with Crippen molar-refractivity contribution in [3.63, 3.8) is 0 Å². The van der Waals surface area contributed by atoms with Crippen molar-refractivity contribution in [3.05, 3.63) is 65.2 Å². The summed E-state index contributed by atoms with van der Waals surface area (Å²) in [4.78, 5) is 12.1. The lowest BCUT2D eigenvalue weighted by Crippen LogP contribution is -2.40. The van der Waals surface area contributed by atoms with Gasteiger partial charge in [-0.15, -0.1) is 0 Å². The molecule has 0 fully saturated rings. The highest BCUT2D eigenvalue weighted by Crippen LogP contribution is 2.15. The lowest BCUT2D eigenvalue weighted by atomic mass is 10.1. The number of nitrogens with zero attached hydrogens (tertiary/aromatic N) is 1. The molecule has 0 aliphatic heterocycles. The molecular weight excluding hydrogens is 364 g/mol. The maximum Gasteiger partial charge on any atom is 0.235 e. The molecule has 0 heterocycles. The molecule has 0 spiro atoms. The highest BCUT2D eigenvalue weighted by Gasteiger charge is 2.20. The van der Waals surface area contributed by atoms with E-state index in [1.54, 1.807) is 0 Å². The van der Waals surface area contributed by atoms with E-state index in [1.807, 2.05) is 62.4 Å². The molecule has 0 aliphatic carbocycles. The standard InChI is InChI=1S/C20H26N2O4S/c1-16-8-10-18(11-9-16)14-22(27(3,24)25)15-20(23)21-12-13-26-19-7-5-4-6-17(19)2/h4-11H,12-15H2,1-3H3,(H,21,23). The molecule has 7 heteroatoms. The number of amides is 1. The third kappa shape index (κ3) is 7.03.